The van der Waals surface area contributed by atoms with Gasteiger partial charge in [0, 0.05) is 36.2 Å². The Kier molecular flexibility index (Phi) is 5.21. The molecule has 1 aliphatic rings. The van der Waals surface area contributed by atoms with Crippen LogP contribution in [0.25, 0.3) is 5.65 Å². The number of hydrogen-bond acceptors (Lipinski definition) is 6. The molecule has 29 heavy (non-hydrogen) atoms. The van der Waals surface area contributed by atoms with Gasteiger partial charge >= 0.3 is 0 Å². The molecule has 8 nitrogen and oxygen atoms in total. The molecule has 1 saturated heterocycles. The Bertz CT molecular complexity index is 1050. The number of hydrogen-bond donors (Lipinski definition) is 0. The Labute approximate surface area is 170 Å². The van der Waals surface area contributed by atoms with Crippen molar-refractivity contribution in [1.82, 2.24) is 34.3 Å². The minimum absolute atomic E-state index is 0.0119. The second-order valence-electron chi connectivity index (χ2n) is 8.97. The van der Waals surface area contributed by atoms with Crippen LogP contribution < -0.4 is 5.56 Å². The first-order valence-corrected chi connectivity index (χ1v) is 10.3. The first-order valence-electron chi connectivity index (χ1n) is 10.3. The molecule has 0 saturated carbocycles. The van der Waals surface area contributed by atoms with Gasteiger partial charge in [-0.05, 0) is 45.0 Å². The van der Waals surface area contributed by atoms with Gasteiger partial charge in [-0.3, -0.25) is 9.36 Å². The molecule has 4 rings (SSSR count). The summed E-state index contributed by atoms with van der Waals surface area (Å²) in [5.74, 6) is 1.32. The van der Waals surface area contributed by atoms with Gasteiger partial charge in [0.2, 0.25) is 0 Å². The van der Waals surface area contributed by atoms with Gasteiger partial charge in [0.15, 0.2) is 11.5 Å². The SMILES string of the molecule is Cc1cc(=O)n(CCN2CCC(c3nnc4ccc(C(C)(C)C)nn34)CC2)cn1. The van der Waals surface area contributed by atoms with E-state index in [0.717, 1.165) is 55.3 Å². The molecule has 1 fully saturated rings. The average Bonchev–Trinajstić information content (AvgIpc) is 3.10. The largest absolute Gasteiger partial charge is 0.302 e. The fourth-order valence-corrected chi connectivity index (χ4v) is 3.81. The topological polar surface area (TPSA) is 81.2 Å². The molecule has 0 spiro atoms. The van der Waals surface area contributed by atoms with Gasteiger partial charge in [0.1, 0.15) is 0 Å². The maximum Gasteiger partial charge on any atom is 0.253 e. The number of rotatable bonds is 4. The highest BCUT2D eigenvalue weighted by atomic mass is 16.1. The molecule has 3 aromatic rings. The van der Waals surface area contributed by atoms with E-state index < -0.39 is 0 Å². The highest BCUT2D eigenvalue weighted by Gasteiger charge is 2.26. The van der Waals surface area contributed by atoms with Crippen LogP contribution in [0.2, 0.25) is 0 Å². The molecule has 4 heterocycles. The quantitative estimate of drug-likeness (QED) is 0.673. The Balaban J connectivity index is 1.41. The predicted molar refractivity (Wildman–Crippen MR) is 111 cm³/mol. The van der Waals surface area contributed by atoms with Crippen LogP contribution in [-0.2, 0) is 12.0 Å². The van der Waals surface area contributed by atoms with Crippen molar-refractivity contribution in [2.75, 3.05) is 19.6 Å². The van der Waals surface area contributed by atoms with E-state index in [1.165, 1.54) is 0 Å². The van der Waals surface area contributed by atoms with Gasteiger partial charge in [0.25, 0.3) is 5.56 Å². The zero-order chi connectivity index (χ0) is 20.6. The molecule has 0 N–H and O–H groups in total. The maximum absolute atomic E-state index is 12.0. The highest BCUT2D eigenvalue weighted by molar-refractivity contribution is 5.37. The molecule has 0 radical (unpaired) electrons. The van der Waals surface area contributed by atoms with E-state index in [-0.39, 0.29) is 11.0 Å². The lowest BCUT2D eigenvalue weighted by molar-refractivity contribution is 0.200. The van der Waals surface area contributed by atoms with Crippen LogP contribution in [0.5, 0.6) is 0 Å². The molecule has 0 bridgehead atoms. The number of aryl methyl sites for hydroxylation is 1. The standard InChI is InChI=1S/C21H29N7O/c1-15-13-19(29)27(14-22-15)12-11-26-9-7-16(8-10-26)20-24-23-18-6-5-17(21(2,3)4)25-28(18)20/h5-6,13-14,16H,7-12H2,1-4H3. The molecular formula is C21H29N7O. The van der Waals surface area contributed by atoms with Gasteiger partial charge < -0.3 is 4.90 Å². The molecule has 3 aromatic heterocycles. The van der Waals surface area contributed by atoms with Gasteiger partial charge in [0.05, 0.1) is 12.0 Å². The normalized spacial score (nSPS) is 16.6. The monoisotopic (exact) mass is 395 g/mol. The van der Waals surface area contributed by atoms with E-state index >= 15 is 0 Å². The second-order valence-corrected chi connectivity index (χ2v) is 8.97. The fourth-order valence-electron chi connectivity index (χ4n) is 3.81. The number of aromatic nitrogens is 6. The van der Waals surface area contributed by atoms with Gasteiger partial charge in [-0.25, -0.2) is 4.98 Å². The zero-order valence-corrected chi connectivity index (χ0v) is 17.7. The van der Waals surface area contributed by atoms with E-state index in [2.05, 4.69) is 40.9 Å². The summed E-state index contributed by atoms with van der Waals surface area (Å²) in [6, 6.07) is 5.63. The van der Waals surface area contributed by atoms with Crippen LogP contribution in [0.3, 0.4) is 0 Å². The third-order valence-corrected chi connectivity index (χ3v) is 5.68. The fraction of sp³-hybridized carbons (Fsp3) is 0.571. The van der Waals surface area contributed by atoms with E-state index in [9.17, 15) is 4.79 Å². The van der Waals surface area contributed by atoms with Crippen molar-refractivity contribution in [3.8, 4) is 0 Å². The van der Waals surface area contributed by atoms with Crippen molar-refractivity contribution in [2.24, 2.45) is 0 Å². The van der Waals surface area contributed by atoms with Crippen molar-refractivity contribution in [3.63, 3.8) is 0 Å². The second kappa shape index (κ2) is 7.67. The molecular weight excluding hydrogens is 366 g/mol. The van der Waals surface area contributed by atoms with Crippen LogP contribution in [0.4, 0.5) is 0 Å². The van der Waals surface area contributed by atoms with Crippen LogP contribution in [-0.4, -0.2) is 53.9 Å². The molecule has 1 aliphatic heterocycles. The molecule has 0 aromatic carbocycles. The molecule has 0 unspecified atom stereocenters. The average molecular weight is 396 g/mol. The van der Waals surface area contributed by atoms with E-state index in [1.807, 2.05) is 23.6 Å². The predicted octanol–water partition coefficient (Wildman–Crippen LogP) is 2.17. The number of piperidine rings is 1. The Hall–Kier alpha value is -2.61. The minimum atomic E-state index is -0.0119. The molecule has 0 aliphatic carbocycles. The van der Waals surface area contributed by atoms with Crippen LogP contribution in [0.1, 0.15) is 56.7 Å². The summed E-state index contributed by atoms with van der Waals surface area (Å²) in [6.45, 7) is 11.8. The molecule has 154 valence electrons. The molecule has 0 amide bonds. The van der Waals surface area contributed by atoms with Crippen LogP contribution in [0, 0.1) is 6.92 Å². The van der Waals surface area contributed by atoms with E-state index in [1.54, 1.807) is 17.0 Å². The third kappa shape index (κ3) is 4.22. The first-order chi connectivity index (χ1) is 13.8. The van der Waals surface area contributed by atoms with Crippen molar-refractivity contribution in [2.45, 2.75) is 58.4 Å². The van der Waals surface area contributed by atoms with E-state index in [0.29, 0.717) is 12.5 Å². The maximum atomic E-state index is 12.0. The van der Waals surface area contributed by atoms with Crippen LogP contribution >= 0.6 is 0 Å². The summed E-state index contributed by atoms with van der Waals surface area (Å²) >= 11 is 0. The Morgan fingerprint density at radius 3 is 2.55 bits per heavy atom. The number of fused-ring (bicyclic) bond motifs is 1. The Morgan fingerprint density at radius 1 is 1.10 bits per heavy atom. The van der Waals surface area contributed by atoms with Crippen LogP contribution in [0.15, 0.2) is 29.3 Å². The zero-order valence-electron chi connectivity index (χ0n) is 17.7. The summed E-state index contributed by atoms with van der Waals surface area (Å²) in [5, 5.41) is 13.6. The summed E-state index contributed by atoms with van der Waals surface area (Å²) in [6.07, 6.45) is 3.68. The van der Waals surface area contributed by atoms with Crippen molar-refractivity contribution in [3.05, 3.63) is 52.1 Å². The lowest BCUT2D eigenvalue weighted by Gasteiger charge is -2.31. The van der Waals surface area contributed by atoms with E-state index in [4.69, 9.17) is 5.10 Å². The molecule has 8 heteroatoms. The van der Waals surface area contributed by atoms with Crippen molar-refractivity contribution in [1.29, 1.82) is 0 Å². The first kappa shape index (κ1) is 19.7. The van der Waals surface area contributed by atoms with Crippen molar-refractivity contribution >= 4 is 5.65 Å². The summed E-state index contributed by atoms with van der Waals surface area (Å²) < 4.78 is 3.61. The van der Waals surface area contributed by atoms with Gasteiger partial charge in [-0.1, -0.05) is 20.8 Å². The van der Waals surface area contributed by atoms with Crippen molar-refractivity contribution < 1.29 is 0 Å². The third-order valence-electron chi connectivity index (χ3n) is 5.68. The minimum Gasteiger partial charge on any atom is -0.302 e. The van der Waals surface area contributed by atoms with Gasteiger partial charge in [-0.2, -0.15) is 9.61 Å². The summed E-state index contributed by atoms with van der Waals surface area (Å²) in [4.78, 5) is 18.6. The highest BCUT2D eigenvalue weighted by Crippen LogP contribution is 2.27. The van der Waals surface area contributed by atoms with Gasteiger partial charge in [-0.15, -0.1) is 10.2 Å². The lowest BCUT2D eigenvalue weighted by Crippen LogP contribution is -2.37. The lowest BCUT2D eigenvalue weighted by atomic mass is 9.92. The summed E-state index contributed by atoms with van der Waals surface area (Å²) in [5.41, 5.74) is 2.61. The summed E-state index contributed by atoms with van der Waals surface area (Å²) in [7, 11) is 0. The Morgan fingerprint density at radius 2 is 1.86 bits per heavy atom. The number of likely N-dealkylation sites (tertiary alicyclic amines) is 1. The molecule has 0 atom stereocenters. The number of nitrogens with zero attached hydrogens (tertiary/aromatic N) is 7. The smallest absolute Gasteiger partial charge is 0.253 e.